The maximum atomic E-state index is 10.1. The Kier molecular flexibility index (Phi) is 4.17. The fourth-order valence-corrected chi connectivity index (χ4v) is 2.38. The van der Waals surface area contributed by atoms with Gasteiger partial charge in [0.15, 0.2) is 0 Å². The maximum absolute atomic E-state index is 10.1. The van der Waals surface area contributed by atoms with Crippen molar-refractivity contribution in [1.29, 1.82) is 0 Å². The number of rotatable bonds is 4. The van der Waals surface area contributed by atoms with Gasteiger partial charge in [-0.1, -0.05) is 27.7 Å². The quantitative estimate of drug-likeness (QED) is 0.854. The molecule has 0 heterocycles. The van der Waals surface area contributed by atoms with Crippen molar-refractivity contribution in [1.82, 2.24) is 0 Å². The summed E-state index contributed by atoms with van der Waals surface area (Å²) in [6.07, 6.45) is 0. The van der Waals surface area contributed by atoms with Crippen LogP contribution in [0.4, 0.5) is 5.69 Å². The Balaban J connectivity index is 2.08. The highest BCUT2D eigenvalue weighted by atomic mass is 79.9. The summed E-state index contributed by atoms with van der Waals surface area (Å²) in [5.41, 5.74) is 3.24. The molecule has 2 N–H and O–H groups in total. The number of nitrogens with one attached hydrogen (secondary N) is 2. The summed E-state index contributed by atoms with van der Waals surface area (Å²) in [7, 11) is 0. The summed E-state index contributed by atoms with van der Waals surface area (Å²) in [5, 5.41) is 1.65. The second-order valence-electron chi connectivity index (χ2n) is 3.31. The molecule has 0 unspecified atom stereocenters. The highest BCUT2D eigenvalue weighted by Crippen LogP contribution is 2.29. The van der Waals surface area contributed by atoms with Gasteiger partial charge in [0.1, 0.15) is 11.0 Å². The molecule has 17 heavy (non-hydrogen) atoms. The molecule has 5 heteroatoms. The van der Waals surface area contributed by atoms with Crippen molar-refractivity contribution in [3.05, 3.63) is 57.9 Å². The molecule has 0 aliphatic rings. The van der Waals surface area contributed by atoms with Crippen molar-refractivity contribution in [2.75, 3.05) is 5.43 Å². The molecule has 2 aromatic rings. The van der Waals surface area contributed by atoms with Crippen molar-refractivity contribution in [2.24, 2.45) is 0 Å². The minimum absolute atomic E-state index is 0.750. The number of halogens is 1. The first-order valence-corrected chi connectivity index (χ1v) is 6.55. The topological polar surface area (TPSA) is 43.1 Å². The van der Waals surface area contributed by atoms with E-state index in [0.29, 0.717) is 0 Å². The van der Waals surface area contributed by atoms with Gasteiger partial charge in [-0.15, -0.1) is 5.43 Å². The predicted octanol–water partition coefficient (Wildman–Crippen LogP) is 2.77. The average molecular weight is 310 g/mol. The van der Waals surface area contributed by atoms with Crippen LogP contribution in [0, 0.1) is 4.91 Å². The first-order chi connectivity index (χ1) is 8.28. The standard InChI is InChI=1S/C12H9BrN2OS/c13-9-1-5-11(6-2-9)17-12-7-3-10(4-8-12)14-15-16/h1-8H,(H,14,16)/p+1. The van der Waals surface area contributed by atoms with E-state index in [1.54, 1.807) is 17.0 Å². The molecule has 0 aliphatic heterocycles. The summed E-state index contributed by atoms with van der Waals surface area (Å²) in [6, 6.07) is 15.8. The van der Waals surface area contributed by atoms with Crippen LogP contribution in [-0.2, 0) is 0 Å². The summed E-state index contributed by atoms with van der Waals surface area (Å²) >= 11 is 5.08. The fourth-order valence-electron chi connectivity index (χ4n) is 1.30. The molecular weight excluding hydrogens is 300 g/mol. The third-order valence-corrected chi connectivity index (χ3v) is 3.64. The number of nitroso groups, excluding NO2 is 1. The Morgan fingerprint density at radius 2 is 1.47 bits per heavy atom. The van der Waals surface area contributed by atoms with E-state index < -0.39 is 0 Å². The monoisotopic (exact) mass is 309 g/mol. The van der Waals surface area contributed by atoms with E-state index in [0.717, 1.165) is 15.1 Å². The molecule has 0 radical (unpaired) electrons. The van der Waals surface area contributed by atoms with Crippen molar-refractivity contribution >= 4 is 33.4 Å². The second kappa shape index (κ2) is 5.84. The fraction of sp³-hybridized carbons (Fsp3) is 0. The molecule has 0 atom stereocenters. The van der Waals surface area contributed by atoms with Gasteiger partial charge in [-0.2, -0.15) is 0 Å². The molecule has 0 saturated carbocycles. The number of anilines is 1. The van der Waals surface area contributed by atoms with Gasteiger partial charge in [0, 0.05) is 19.2 Å². The van der Waals surface area contributed by atoms with E-state index >= 15 is 0 Å². The average Bonchev–Trinajstić information content (AvgIpc) is 2.35. The normalized spacial score (nSPS) is 9.94. The van der Waals surface area contributed by atoms with Crippen molar-refractivity contribution < 1.29 is 5.29 Å². The molecule has 0 fully saturated rings. The van der Waals surface area contributed by atoms with Gasteiger partial charge in [-0.05, 0) is 48.5 Å². The lowest BCUT2D eigenvalue weighted by molar-refractivity contribution is -0.443. The van der Waals surface area contributed by atoms with E-state index in [4.69, 9.17) is 0 Å². The van der Waals surface area contributed by atoms with Gasteiger partial charge in [-0.25, -0.2) is 0 Å². The lowest BCUT2D eigenvalue weighted by atomic mass is 10.3. The van der Waals surface area contributed by atoms with Crippen LogP contribution in [-0.4, -0.2) is 0 Å². The number of benzene rings is 2. The first-order valence-electron chi connectivity index (χ1n) is 4.94. The van der Waals surface area contributed by atoms with Crippen molar-refractivity contribution in [3.8, 4) is 0 Å². The van der Waals surface area contributed by atoms with E-state index in [-0.39, 0.29) is 0 Å². The van der Waals surface area contributed by atoms with Gasteiger partial charge in [-0.3, -0.25) is 0 Å². The van der Waals surface area contributed by atoms with Gasteiger partial charge < -0.3 is 0 Å². The lowest BCUT2D eigenvalue weighted by Crippen LogP contribution is -2.69. The summed E-state index contributed by atoms with van der Waals surface area (Å²) in [6.45, 7) is 0. The second-order valence-corrected chi connectivity index (χ2v) is 5.37. The van der Waals surface area contributed by atoms with E-state index in [1.807, 2.05) is 36.4 Å². The maximum Gasteiger partial charge on any atom is 0.104 e. The van der Waals surface area contributed by atoms with E-state index in [1.165, 1.54) is 4.90 Å². The van der Waals surface area contributed by atoms with Gasteiger partial charge in [0.2, 0.25) is 0 Å². The Hall–Kier alpha value is -1.33. The van der Waals surface area contributed by atoms with Crippen molar-refractivity contribution in [2.45, 2.75) is 9.79 Å². The highest BCUT2D eigenvalue weighted by Gasteiger charge is 1.99. The van der Waals surface area contributed by atoms with Crippen LogP contribution >= 0.6 is 27.7 Å². The zero-order valence-electron chi connectivity index (χ0n) is 8.81. The minimum Gasteiger partial charge on any atom is -0.123 e. The largest absolute Gasteiger partial charge is 0.123 e. The molecule has 2 aromatic carbocycles. The summed E-state index contributed by atoms with van der Waals surface area (Å²) < 4.78 is 1.07. The molecule has 0 spiro atoms. The SMILES string of the molecule is O=[NH+]Nc1ccc(Sc2ccc(Br)cc2)cc1. The number of hydrazine groups is 1. The Labute approximate surface area is 112 Å². The summed E-state index contributed by atoms with van der Waals surface area (Å²) in [5.74, 6) is 0. The van der Waals surface area contributed by atoms with Crippen LogP contribution in [0.15, 0.2) is 62.8 Å². The van der Waals surface area contributed by atoms with Gasteiger partial charge in [0.05, 0.1) is 0 Å². The number of hydrogen-bond donors (Lipinski definition) is 2. The Morgan fingerprint density at radius 1 is 0.941 bits per heavy atom. The highest BCUT2D eigenvalue weighted by molar-refractivity contribution is 9.10. The van der Waals surface area contributed by atoms with Crippen LogP contribution < -0.4 is 10.7 Å². The van der Waals surface area contributed by atoms with Crippen LogP contribution in [0.3, 0.4) is 0 Å². The van der Waals surface area contributed by atoms with Gasteiger partial charge in [0.25, 0.3) is 0 Å². The number of hydrogen-bond acceptors (Lipinski definition) is 2. The van der Waals surface area contributed by atoms with Crippen LogP contribution in [0.5, 0.6) is 0 Å². The third kappa shape index (κ3) is 3.57. The zero-order valence-corrected chi connectivity index (χ0v) is 11.2. The molecule has 3 nitrogen and oxygen atoms in total. The van der Waals surface area contributed by atoms with E-state index in [9.17, 15) is 4.91 Å². The predicted molar refractivity (Wildman–Crippen MR) is 72.7 cm³/mol. The molecule has 2 rings (SSSR count). The molecule has 0 aliphatic carbocycles. The van der Waals surface area contributed by atoms with Crippen LogP contribution in [0.25, 0.3) is 0 Å². The van der Waals surface area contributed by atoms with Crippen molar-refractivity contribution in [3.63, 3.8) is 0 Å². The molecule has 0 saturated heterocycles. The van der Waals surface area contributed by atoms with Gasteiger partial charge >= 0.3 is 0 Å². The van der Waals surface area contributed by atoms with E-state index in [2.05, 4.69) is 33.5 Å². The lowest BCUT2D eigenvalue weighted by Gasteiger charge is -2.02. The molecule has 0 bridgehead atoms. The van der Waals surface area contributed by atoms with Crippen LogP contribution in [0.2, 0.25) is 0 Å². The van der Waals surface area contributed by atoms with Crippen LogP contribution in [0.1, 0.15) is 0 Å². The smallest absolute Gasteiger partial charge is 0.104 e. The Bertz CT molecular complexity index is 499. The molecular formula is C12H10BrN2OS+. The zero-order chi connectivity index (χ0) is 12.1. The summed E-state index contributed by atoms with van der Waals surface area (Å²) in [4.78, 5) is 12.4. The Morgan fingerprint density at radius 3 is 2.00 bits per heavy atom. The first kappa shape index (κ1) is 12.1. The third-order valence-electron chi connectivity index (χ3n) is 2.10. The minimum atomic E-state index is 0.750. The molecule has 0 amide bonds. The molecule has 0 aromatic heterocycles. The molecule has 86 valence electrons.